The maximum absolute atomic E-state index is 11.9. The zero-order valence-corrected chi connectivity index (χ0v) is 13.9. The molecule has 0 saturated heterocycles. The van der Waals surface area contributed by atoms with Crippen LogP contribution in [0.2, 0.25) is 0 Å². The molecule has 22 heavy (non-hydrogen) atoms. The van der Waals surface area contributed by atoms with Crippen molar-refractivity contribution in [2.24, 2.45) is 5.92 Å². The van der Waals surface area contributed by atoms with E-state index in [1.807, 2.05) is 19.9 Å². The number of carbonyl (C=O) groups excluding carboxylic acids is 1. The number of nitrogens with one attached hydrogen (secondary N) is 1. The van der Waals surface area contributed by atoms with E-state index in [-0.39, 0.29) is 12.5 Å². The van der Waals surface area contributed by atoms with Crippen molar-refractivity contribution in [1.29, 1.82) is 5.26 Å². The number of nitrogens with zero attached hydrogens (tertiary/aromatic N) is 2. The normalized spacial score (nSPS) is 11.0. The molecule has 0 unspecified atom stereocenters. The van der Waals surface area contributed by atoms with Gasteiger partial charge in [-0.3, -0.25) is 9.10 Å². The Morgan fingerprint density at radius 1 is 1.32 bits per heavy atom. The molecule has 0 atom stereocenters. The topological polar surface area (TPSA) is 90.3 Å². The Kier molecular flexibility index (Phi) is 6.38. The second-order valence-electron chi connectivity index (χ2n) is 5.46. The van der Waals surface area contributed by atoms with Gasteiger partial charge in [0.05, 0.1) is 23.6 Å². The fraction of sp³-hybridized carbons (Fsp3) is 0.467. The van der Waals surface area contributed by atoms with E-state index in [4.69, 9.17) is 5.26 Å². The Labute approximate surface area is 131 Å². The minimum Gasteiger partial charge on any atom is -0.355 e. The summed E-state index contributed by atoms with van der Waals surface area (Å²) in [6.45, 7) is 4.34. The van der Waals surface area contributed by atoms with Crippen LogP contribution >= 0.6 is 0 Å². The molecule has 0 radical (unpaired) electrons. The molecule has 7 heteroatoms. The largest absolute Gasteiger partial charge is 0.355 e. The number of benzene rings is 1. The van der Waals surface area contributed by atoms with E-state index in [0.29, 0.717) is 23.7 Å². The first kappa shape index (κ1) is 18.0. The number of nitriles is 1. The number of hydrogen-bond donors (Lipinski definition) is 1. The molecular formula is C15H21N3O3S. The molecule has 6 nitrogen and oxygen atoms in total. The summed E-state index contributed by atoms with van der Waals surface area (Å²) in [5.74, 6) is 0.111. The van der Waals surface area contributed by atoms with Crippen LogP contribution in [0.5, 0.6) is 0 Å². The fourth-order valence-electron chi connectivity index (χ4n) is 1.79. The number of sulfonamides is 1. The van der Waals surface area contributed by atoms with Crippen LogP contribution in [0.25, 0.3) is 0 Å². The predicted molar refractivity (Wildman–Crippen MR) is 85.8 cm³/mol. The molecule has 0 saturated carbocycles. The maximum Gasteiger partial charge on any atom is 0.240 e. The Morgan fingerprint density at radius 2 is 1.91 bits per heavy atom. The lowest BCUT2D eigenvalue weighted by atomic mass is 10.1. The van der Waals surface area contributed by atoms with Crippen molar-refractivity contribution in [3.63, 3.8) is 0 Å². The molecule has 0 bridgehead atoms. The van der Waals surface area contributed by atoms with Gasteiger partial charge in [-0.05, 0) is 36.6 Å². The Hall–Kier alpha value is -2.07. The van der Waals surface area contributed by atoms with Gasteiger partial charge in [-0.2, -0.15) is 5.26 Å². The Bertz CT molecular complexity index is 646. The highest BCUT2D eigenvalue weighted by Crippen LogP contribution is 2.17. The third-order valence-electron chi connectivity index (χ3n) is 3.02. The minimum absolute atomic E-state index is 0.275. The summed E-state index contributed by atoms with van der Waals surface area (Å²) in [5, 5.41) is 11.5. The second-order valence-corrected chi connectivity index (χ2v) is 7.37. The van der Waals surface area contributed by atoms with E-state index >= 15 is 0 Å². The fourth-order valence-corrected chi connectivity index (χ4v) is 2.65. The average molecular weight is 323 g/mol. The van der Waals surface area contributed by atoms with Gasteiger partial charge in [0.25, 0.3) is 0 Å². The van der Waals surface area contributed by atoms with Crippen LogP contribution in [0.4, 0.5) is 5.69 Å². The zero-order valence-electron chi connectivity index (χ0n) is 13.0. The zero-order chi connectivity index (χ0) is 16.8. The van der Waals surface area contributed by atoms with Crippen molar-refractivity contribution in [3.8, 4) is 6.07 Å². The van der Waals surface area contributed by atoms with E-state index in [2.05, 4.69) is 5.32 Å². The molecule has 0 aromatic heterocycles. The van der Waals surface area contributed by atoms with Gasteiger partial charge in [0.15, 0.2) is 0 Å². The van der Waals surface area contributed by atoms with Gasteiger partial charge < -0.3 is 5.32 Å². The quantitative estimate of drug-likeness (QED) is 0.823. The van der Waals surface area contributed by atoms with Gasteiger partial charge in [0, 0.05) is 6.54 Å². The van der Waals surface area contributed by atoms with Gasteiger partial charge in [-0.25, -0.2) is 8.42 Å². The summed E-state index contributed by atoms with van der Waals surface area (Å²) in [4.78, 5) is 11.9. The lowest BCUT2D eigenvalue weighted by Gasteiger charge is -2.22. The van der Waals surface area contributed by atoms with Gasteiger partial charge >= 0.3 is 0 Å². The highest BCUT2D eigenvalue weighted by atomic mass is 32.2. The summed E-state index contributed by atoms with van der Waals surface area (Å²) in [7, 11) is -3.58. The molecular weight excluding hydrogens is 302 g/mol. The van der Waals surface area contributed by atoms with Crippen LogP contribution in [0.3, 0.4) is 0 Å². The minimum atomic E-state index is -3.58. The second kappa shape index (κ2) is 7.80. The third kappa shape index (κ3) is 5.74. The average Bonchev–Trinajstić information content (AvgIpc) is 2.43. The van der Waals surface area contributed by atoms with Gasteiger partial charge in [-0.1, -0.05) is 13.8 Å². The van der Waals surface area contributed by atoms with Crippen LogP contribution in [-0.4, -0.2) is 33.7 Å². The number of hydrogen-bond acceptors (Lipinski definition) is 4. The highest BCUT2D eigenvalue weighted by Gasteiger charge is 2.20. The molecule has 0 aliphatic heterocycles. The van der Waals surface area contributed by atoms with Crippen molar-refractivity contribution in [2.45, 2.75) is 20.3 Å². The summed E-state index contributed by atoms with van der Waals surface area (Å²) in [6, 6.07) is 8.03. The number of carbonyl (C=O) groups is 1. The highest BCUT2D eigenvalue weighted by molar-refractivity contribution is 7.92. The van der Waals surface area contributed by atoms with Crippen LogP contribution in [-0.2, 0) is 14.8 Å². The molecule has 1 rings (SSSR count). The van der Waals surface area contributed by atoms with Crippen molar-refractivity contribution in [2.75, 3.05) is 23.7 Å². The van der Waals surface area contributed by atoms with Crippen LogP contribution in [0.15, 0.2) is 24.3 Å². The van der Waals surface area contributed by atoms with Crippen molar-refractivity contribution in [3.05, 3.63) is 29.8 Å². The number of rotatable bonds is 7. The van der Waals surface area contributed by atoms with E-state index in [1.165, 1.54) is 24.3 Å². The molecule has 1 N–H and O–H groups in total. The van der Waals surface area contributed by atoms with E-state index in [0.717, 1.165) is 17.0 Å². The third-order valence-corrected chi connectivity index (χ3v) is 4.16. The summed E-state index contributed by atoms with van der Waals surface area (Å²) in [6.07, 6.45) is 1.88. The maximum atomic E-state index is 11.9. The van der Waals surface area contributed by atoms with Gasteiger partial charge in [0.2, 0.25) is 15.9 Å². The van der Waals surface area contributed by atoms with Crippen LogP contribution < -0.4 is 9.62 Å². The smallest absolute Gasteiger partial charge is 0.240 e. The summed E-state index contributed by atoms with van der Waals surface area (Å²) >= 11 is 0. The molecule has 0 heterocycles. The summed E-state index contributed by atoms with van der Waals surface area (Å²) in [5.41, 5.74) is 0.791. The molecule has 120 valence electrons. The van der Waals surface area contributed by atoms with E-state index in [9.17, 15) is 13.2 Å². The molecule has 1 amide bonds. The Balaban J connectivity index is 2.82. The van der Waals surface area contributed by atoms with Crippen molar-refractivity contribution < 1.29 is 13.2 Å². The lowest BCUT2D eigenvalue weighted by molar-refractivity contribution is -0.119. The molecule has 1 aromatic carbocycles. The van der Waals surface area contributed by atoms with Gasteiger partial charge in [-0.15, -0.1) is 0 Å². The van der Waals surface area contributed by atoms with Crippen LogP contribution in [0, 0.1) is 17.2 Å². The number of anilines is 1. The van der Waals surface area contributed by atoms with Crippen molar-refractivity contribution in [1.82, 2.24) is 5.32 Å². The van der Waals surface area contributed by atoms with Gasteiger partial charge in [0.1, 0.15) is 6.54 Å². The summed E-state index contributed by atoms with van der Waals surface area (Å²) < 4.78 is 24.8. The monoisotopic (exact) mass is 323 g/mol. The first-order valence-electron chi connectivity index (χ1n) is 6.98. The first-order chi connectivity index (χ1) is 10.2. The molecule has 0 fully saturated rings. The van der Waals surface area contributed by atoms with E-state index < -0.39 is 10.0 Å². The van der Waals surface area contributed by atoms with E-state index in [1.54, 1.807) is 0 Å². The molecule has 0 spiro atoms. The standard InChI is InChI=1S/C15H21N3O3S/c1-12(2)8-9-17-15(19)11-18(22(3,20)21)14-6-4-13(10-16)5-7-14/h4-7,12H,8-9,11H2,1-3H3,(H,17,19). The first-order valence-corrected chi connectivity index (χ1v) is 8.83. The van der Waals surface area contributed by atoms with Crippen LogP contribution in [0.1, 0.15) is 25.8 Å². The molecule has 1 aromatic rings. The predicted octanol–water partition coefficient (Wildman–Crippen LogP) is 1.49. The lowest BCUT2D eigenvalue weighted by Crippen LogP contribution is -2.40. The van der Waals surface area contributed by atoms with Crippen molar-refractivity contribution >= 4 is 21.6 Å². The Morgan fingerprint density at radius 3 is 2.36 bits per heavy atom. The SMILES string of the molecule is CC(C)CCNC(=O)CN(c1ccc(C#N)cc1)S(C)(=O)=O. The molecule has 0 aliphatic rings. The number of amides is 1. The molecule has 0 aliphatic carbocycles.